The van der Waals surface area contributed by atoms with E-state index in [2.05, 4.69) is 11.1 Å². The fourth-order valence-electron chi connectivity index (χ4n) is 3.18. The first-order valence-electron chi connectivity index (χ1n) is 9.67. The standard InChI is InChI=1S/C22H24N4O3S/c1-4-26(5-2)30(27,28)19-13-11-18(12-14-19)21-24-20(15-23)22(29-21)25(3)16-17-9-7-6-8-10-17/h6-14H,4-5,16H2,1-3H3. The van der Waals surface area contributed by atoms with Crippen molar-refractivity contribution < 1.29 is 12.8 Å². The van der Waals surface area contributed by atoms with Crippen LogP contribution in [-0.4, -0.2) is 37.8 Å². The second kappa shape index (κ2) is 9.11. The van der Waals surface area contributed by atoms with E-state index in [0.717, 1.165) is 5.56 Å². The number of hydrogen-bond acceptors (Lipinski definition) is 6. The zero-order chi connectivity index (χ0) is 21.7. The molecule has 1 heterocycles. The van der Waals surface area contributed by atoms with E-state index < -0.39 is 10.0 Å². The summed E-state index contributed by atoms with van der Waals surface area (Å²) >= 11 is 0. The van der Waals surface area contributed by atoms with E-state index in [-0.39, 0.29) is 16.5 Å². The molecule has 0 unspecified atom stereocenters. The van der Waals surface area contributed by atoms with E-state index in [0.29, 0.717) is 31.1 Å². The summed E-state index contributed by atoms with van der Waals surface area (Å²) in [6.07, 6.45) is 0. The molecule has 3 aromatic rings. The minimum absolute atomic E-state index is 0.184. The van der Waals surface area contributed by atoms with Gasteiger partial charge in [0, 0.05) is 32.2 Å². The minimum Gasteiger partial charge on any atom is -0.419 e. The van der Waals surface area contributed by atoms with Crippen molar-refractivity contribution in [2.75, 3.05) is 25.0 Å². The number of rotatable bonds is 8. The predicted molar refractivity (Wildman–Crippen MR) is 115 cm³/mol. The van der Waals surface area contributed by atoms with Gasteiger partial charge in [0.2, 0.25) is 27.5 Å². The maximum Gasteiger partial charge on any atom is 0.243 e. The number of nitriles is 1. The normalized spacial score (nSPS) is 11.4. The van der Waals surface area contributed by atoms with Crippen LogP contribution in [0.3, 0.4) is 0 Å². The summed E-state index contributed by atoms with van der Waals surface area (Å²) < 4.78 is 32.6. The average molecular weight is 425 g/mol. The van der Waals surface area contributed by atoms with Crippen molar-refractivity contribution in [3.8, 4) is 17.5 Å². The Hall–Kier alpha value is -3.15. The molecule has 0 aliphatic rings. The molecule has 30 heavy (non-hydrogen) atoms. The molecule has 3 rings (SSSR count). The zero-order valence-electron chi connectivity index (χ0n) is 17.2. The van der Waals surface area contributed by atoms with Crippen LogP contribution in [0.5, 0.6) is 0 Å². The smallest absolute Gasteiger partial charge is 0.243 e. The van der Waals surface area contributed by atoms with Gasteiger partial charge in [-0.15, -0.1) is 0 Å². The van der Waals surface area contributed by atoms with Gasteiger partial charge >= 0.3 is 0 Å². The van der Waals surface area contributed by atoms with Gasteiger partial charge in [-0.2, -0.15) is 14.6 Å². The Balaban J connectivity index is 1.87. The van der Waals surface area contributed by atoms with Crippen LogP contribution in [0.15, 0.2) is 63.9 Å². The van der Waals surface area contributed by atoms with Gasteiger partial charge in [-0.25, -0.2) is 8.42 Å². The number of aromatic nitrogens is 1. The third-order valence-corrected chi connectivity index (χ3v) is 6.83. The Labute approximate surface area is 177 Å². The highest BCUT2D eigenvalue weighted by Crippen LogP contribution is 2.29. The lowest BCUT2D eigenvalue weighted by molar-refractivity contribution is 0.445. The molecule has 0 spiro atoms. The highest BCUT2D eigenvalue weighted by atomic mass is 32.2. The van der Waals surface area contributed by atoms with Gasteiger partial charge in [-0.3, -0.25) is 0 Å². The third-order valence-electron chi connectivity index (χ3n) is 4.77. The second-order valence-electron chi connectivity index (χ2n) is 6.74. The van der Waals surface area contributed by atoms with Crippen LogP contribution in [0, 0.1) is 11.3 Å². The van der Waals surface area contributed by atoms with Gasteiger partial charge in [0.05, 0.1) is 4.90 Å². The number of sulfonamides is 1. The molecule has 0 aliphatic carbocycles. The van der Waals surface area contributed by atoms with Crippen molar-refractivity contribution in [3.05, 3.63) is 65.9 Å². The summed E-state index contributed by atoms with van der Waals surface area (Å²) in [6.45, 7) is 4.98. The number of benzene rings is 2. The molecule has 0 saturated carbocycles. The van der Waals surface area contributed by atoms with Crippen molar-refractivity contribution in [1.82, 2.24) is 9.29 Å². The molecule has 0 atom stereocenters. The molecule has 1 aromatic heterocycles. The first-order chi connectivity index (χ1) is 14.4. The minimum atomic E-state index is -3.53. The molecule has 0 fully saturated rings. The van der Waals surface area contributed by atoms with Crippen LogP contribution in [0.4, 0.5) is 5.88 Å². The van der Waals surface area contributed by atoms with Crippen molar-refractivity contribution in [1.29, 1.82) is 5.26 Å². The van der Waals surface area contributed by atoms with Crippen LogP contribution in [-0.2, 0) is 16.6 Å². The van der Waals surface area contributed by atoms with Gasteiger partial charge in [0.1, 0.15) is 6.07 Å². The monoisotopic (exact) mass is 424 g/mol. The predicted octanol–water partition coefficient (Wildman–Crippen LogP) is 3.88. The molecular weight excluding hydrogens is 400 g/mol. The third kappa shape index (κ3) is 4.37. The van der Waals surface area contributed by atoms with Crippen LogP contribution in [0.2, 0.25) is 0 Å². The average Bonchev–Trinajstić information content (AvgIpc) is 3.20. The second-order valence-corrected chi connectivity index (χ2v) is 8.68. The van der Waals surface area contributed by atoms with Crippen molar-refractivity contribution >= 4 is 15.9 Å². The van der Waals surface area contributed by atoms with Crippen molar-refractivity contribution in [2.24, 2.45) is 0 Å². The lowest BCUT2D eigenvalue weighted by Crippen LogP contribution is -2.30. The van der Waals surface area contributed by atoms with Crippen molar-refractivity contribution in [3.63, 3.8) is 0 Å². The van der Waals surface area contributed by atoms with E-state index in [1.807, 2.05) is 42.3 Å². The SMILES string of the molecule is CCN(CC)S(=O)(=O)c1ccc(-c2nc(C#N)c(N(C)Cc3ccccc3)o2)cc1. The molecule has 2 aromatic carbocycles. The van der Waals surface area contributed by atoms with E-state index >= 15 is 0 Å². The fourth-order valence-corrected chi connectivity index (χ4v) is 4.64. The van der Waals surface area contributed by atoms with Crippen LogP contribution in [0.1, 0.15) is 25.1 Å². The topological polar surface area (TPSA) is 90.4 Å². The lowest BCUT2D eigenvalue weighted by atomic mass is 10.2. The molecule has 0 aliphatic heterocycles. The van der Waals surface area contributed by atoms with E-state index in [1.54, 1.807) is 26.0 Å². The summed E-state index contributed by atoms with van der Waals surface area (Å²) in [5.74, 6) is 0.643. The molecule has 156 valence electrons. The summed E-state index contributed by atoms with van der Waals surface area (Å²) in [7, 11) is -1.70. The molecule has 0 N–H and O–H groups in total. The maximum absolute atomic E-state index is 12.6. The molecule has 0 saturated heterocycles. The van der Waals surface area contributed by atoms with E-state index in [1.165, 1.54) is 16.4 Å². The van der Waals surface area contributed by atoms with Gasteiger partial charge in [0.15, 0.2) is 0 Å². The summed E-state index contributed by atoms with van der Waals surface area (Å²) in [4.78, 5) is 6.33. The first-order valence-corrected chi connectivity index (χ1v) is 11.1. The fraction of sp³-hybridized carbons (Fsp3) is 0.273. The first kappa shape index (κ1) is 21.6. The highest BCUT2D eigenvalue weighted by Gasteiger charge is 2.22. The molecule has 8 heteroatoms. The van der Waals surface area contributed by atoms with Crippen LogP contribution < -0.4 is 4.90 Å². The largest absolute Gasteiger partial charge is 0.419 e. The highest BCUT2D eigenvalue weighted by molar-refractivity contribution is 7.89. The number of hydrogen-bond donors (Lipinski definition) is 0. The summed E-state index contributed by atoms with van der Waals surface area (Å²) in [5, 5.41) is 9.48. The maximum atomic E-state index is 12.6. The molecule has 0 amide bonds. The molecular formula is C22H24N4O3S. The Morgan fingerprint density at radius 2 is 1.67 bits per heavy atom. The van der Waals surface area contributed by atoms with Gasteiger partial charge < -0.3 is 9.32 Å². The zero-order valence-corrected chi connectivity index (χ0v) is 18.1. The van der Waals surface area contributed by atoms with E-state index in [9.17, 15) is 13.7 Å². The van der Waals surface area contributed by atoms with E-state index in [4.69, 9.17) is 4.42 Å². The molecule has 0 bridgehead atoms. The Kier molecular flexibility index (Phi) is 6.55. The molecule has 7 nitrogen and oxygen atoms in total. The summed E-state index contributed by atoms with van der Waals surface area (Å²) in [6, 6.07) is 18.3. The van der Waals surface area contributed by atoms with Gasteiger partial charge in [-0.1, -0.05) is 44.2 Å². The summed E-state index contributed by atoms with van der Waals surface area (Å²) in [5.41, 5.74) is 1.86. The Bertz CT molecular complexity index is 1130. The Morgan fingerprint density at radius 1 is 1.03 bits per heavy atom. The van der Waals surface area contributed by atoms with Crippen LogP contribution in [0.25, 0.3) is 11.5 Å². The quantitative estimate of drug-likeness (QED) is 0.545. The van der Waals surface area contributed by atoms with Gasteiger partial charge in [0.25, 0.3) is 0 Å². The lowest BCUT2D eigenvalue weighted by Gasteiger charge is -2.18. The Morgan fingerprint density at radius 3 is 2.23 bits per heavy atom. The number of anilines is 1. The number of oxazole rings is 1. The number of nitrogens with zero attached hydrogens (tertiary/aromatic N) is 4. The van der Waals surface area contributed by atoms with Crippen LogP contribution >= 0.6 is 0 Å². The molecule has 0 radical (unpaired) electrons. The van der Waals surface area contributed by atoms with Gasteiger partial charge in [-0.05, 0) is 29.8 Å². The van der Waals surface area contributed by atoms with Crippen molar-refractivity contribution in [2.45, 2.75) is 25.3 Å².